The molecule has 2 heteroatoms. The highest BCUT2D eigenvalue weighted by atomic mass is 79.9. The van der Waals surface area contributed by atoms with Crippen molar-refractivity contribution in [2.24, 2.45) is 0 Å². The first-order valence-corrected chi connectivity index (χ1v) is 5.51. The third-order valence-corrected chi connectivity index (χ3v) is 2.54. The van der Waals surface area contributed by atoms with Crippen LogP contribution < -0.4 is 4.74 Å². The van der Waals surface area contributed by atoms with Crippen LogP contribution in [0.25, 0.3) is 0 Å². The lowest BCUT2D eigenvalue weighted by Gasteiger charge is -2.11. The number of aryl methyl sites for hydroxylation is 2. The standard InChI is InChI=1S/C11H15BrO/c1-8-6-9(2)10(4-5-12)11(7-8)13-3/h6-7H,4-5H2,1-3H3. The zero-order valence-electron chi connectivity index (χ0n) is 8.36. The van der Waals surface area contributed by atoms with E-state index >= 15 is 0 Å². The van der Waals surface area contributed by atoms with Crippen LogP contribution in [0.1, 0.15) is 16.7 Å². The van der Waals surface area contributed by atoms with Gasteiger partial charge in [-0.1, -0.05) is 22.0 Å². The smallest absolute Gasteiger partial charge is 0.122 e. The second-order valence-electron chi connectivity index (χ2n) is 3.20. The highest BCUT2D eigenvalue weighted by Crippen LogP contribution is 2.24. The molecule has 13 heavy (non-hydrogen) atoms. The van der Waals surface area contributed by atoms with Gasteiger partial charge in [0.05, 0.1) is 7.11 Å². The first-order chi connectivity index (χ1) is 6.19. The Morgan fingerprint density at radius 3 is 2.54 bits per heavy atom. The average molecular weight is 243 g/mol. The lowest BCUT2D eigenvalue weighted by Crippen LogP contribution is -1.97. The molecule has 0 unspecified atom stereocenters. The second kappa shape index (κ2) is 4.66. The molecular weight excluding hydrogens is 228 g/mol. The van der Waals surface area contributed by atoms with E-state index in [2.05, 4.69) is 41.9 Å². The van der Waals surface area contributed by atoms with E-state index in [0.717, 1.165) is 17.5 Å². The number of methoxy groups -OCH3 is 1. The Morgan fingerprint density at radius 1 is 1.31 bits per heavy atom. The SMILES string of the molecule is COc1cc(C)cc(C)c1CCBr. The molecule has 0 N–H and O–H groups in total. The molecule has 0 fully saturated rings. The van der Waals surface area contributed by atoms with Gasteiger partial charge in [0.15, 0.2) is 0 Å². The van der Waals surface area contributed by atoms with Crippen LogP contribution in [0.2, 0.25) is 0 Å². The van der Waals surface area contributed by atoms with Crippen LogP contribution in [0, 0.1) is 13.8 Å². The zero-order chi connectivity index (χ0) is 9.84. The normalized spacial score (nSPS) is 10.2. The lowest BCUT2D eigenvalue weighted by atomic mass is 10.0. The largest absolute Gasteiger partial charge is 0.496 e. The molecule has 0 aliphatic heterocycles. The first-order valence-electron chi connectivity index (χ1n) is 4.39. The fourth-order valence-electron chi connectivity index (χ4n) is 1.56. The van der Waals surface area contributed by atoms with E-state index in [1.807, 2.05) is 0 Å². The summed E-state index contributed by atoms with van der Waals surface area (Å²) in [7, 11) is 1.73. The van der Waals surface area contributed by atoms with Gasteiger partial charge in [-0.2, -0.15) is 0 Å². The second-order valence-corrected chi connectivity index (χ2v) is 3.99. The molecule has 1 nitrogen and oxygen atoms in total. The molecular formula is C11H15BrO. The Labute approximate surface area is 88.2 Å². The summed E-state index contributed by atoms with van der Waals surface area (Å²) in [5, 5.41) is 0.979. The monoisotopic (exact) mass is 242 g/mol. The van der Waals surface area contributed by atoms with Gasteiger partial charge in [0, 0.05) is 5.33 Å². The van der Waals surface area contributed by atoms with Crippen LogP contribution in [0.15, 0.2) is 12.1 Å². The summed E-state index contributed by atoms with van der Waals surface area (Å²) < 4.78 is 5.34. The summed E-state index contributed by atoms with van der Waals surface area (Å²) in [5.41, 5.74) is 3.88. The summed E-state index contributed by atoms with van der Waals surface area (Å²) in [6.45, 7) is 4.22. The number of halogens is 1. The van der Waals surface area contributed by atoms with Gasteiger partial charge in [0.1, 0.15) is 5.75 Å². The van der Waals surface area contributed by atoms with E-state index in [4.69, 9.17) is 4.74 Å². The van der Waals surface area contributed by atoms with Gasteiger partial charge in [-0.15, -0.1) is 0 Å². The van der Waals surface area contributed by atoms with Crippen molar-refractivity contribution >= 4 is 15.9 Å². The van der Waals surface area contributed by atoms with Crippen molar-refractivity contribution < 1.29 is 4.74 Å². The van der Waals surface area contributed by atoms with Crippen molar-refractivity contribution in [3.05, 3.63) is 28.8 Å². The number of benzene rings is 1. The van der Waals surface area contributed by atoms with Crippen LogP contribution in [0.4, 0.5) is 0 Å². The predicted octanol–water partition coefficient (Wildman–Crippen LogP) is 3.25. The molecule has 0 heterocycles. The Morgan fingerprint density at radius 2 is 2.00 bits per heavy atom. The average Bonchev–Trinajstić information content (AvgIpc) is 2.09. The Balaban J connectivity index is 3.13. The minimum absolute atomic E-state index is 0.979. The van der Waals surface area contributed by atoms with E-state index in [-0.39, 0.29) is 0 Å². The predicted molar refractivity (Wildman–Crippen MR) is 60.0 cm³/mol. The minimum atomic E-state index is 0.979. The summed E-state index contributed by atoms with van der Waals surface area (Å²) in [6, 6.07) is 4.28. The van der Waals surface area contributed by atoms with Crippen molar-refractivity contribution in [1.29, 1.82) is 0 Å². The van der Waals surface area contributed by atoms with Gasteiger partial charge in [-0.25, -0.2) is 0 Å². The molecule has 72 valence electrons. The third-order valence-electron chi connectivity index (χ3n) is 2.14. The van der Waals surface area contributed by atoms with Crippen molar-refractivity contribution in [3.8, 4) is 5.75 Å². The molecule has 0 aliphatic carbocycles. The van der Waals surface area contributed by atoms with Crippen LogP contribution in [-0.2, 0) is 6.42 Å². The maximum atomic E-state index is 5.34. The van der Waals surface area contributed by atoms with Gasteiger partial charge in [0.2, 0.25) is 0 Å². The number of ether oxygens (including phenoxy) is 1. The molecule has 0 atom stereocenters. The molecule has 1 aromatic carbocycles. The molecule has 0 spiro atoms. The van der Waals surface area contributed by atoms with Gasteiger partial charge in [-0.05, 0) is 43.0 Å². The molecule has 0 saturated heterocycles. The van der Waals surface area contributed by atoms with Crippen LogP contribution in [0.5, 0.6) is 5.75 Å². The van der Waals surface area contributed by atoms with E-state index < -0.39 is 0 Å². The fraction of sp³-hybridized carbons (Fsp3) is 0.455. The Kier molecular flexibility index (Phi) is 3.79. The zero-order valence-corrected chi connectivity index (χ0v) is 9.94. The van der Waals surface area contributed by atoms with Crippen molar-refractivity contribution in [2.45, 2.75) is 20.3 Å². The molecule has 1 rings (SSSR count). The fourth-order valence-corrected chi connectivity index (χ4v) is 1.95. The summed E-state index contributed by atoms with van der Waals surface area (Å²) >= 11 is 3.45. The summed E-state index contributed by atoms with van der Waals surface area (Å²) in [5.74, 6) is 1.01. The lowest BCUT2D eigenvalue weighted by molar-refractivity contribution is 0.409. The third kappa shape index (κ3) is 2.47. The van der Waals surface area contributed by atoms with E-state index in [1.165, 1.54) is 16.7 Å². The maximum Gasteiger partial charge on any atom is 0.122 e. The van der Waals surface area contributed by atoms with E-state index in [9.17, 15) is 0 Å². The molecule has 0 bridgehead atoms. The molecule has 0 amide bonds. The van der Waals surface area contributed by atoms with Crippen molar-refractivity contribution in [3.63, 3.8) is 0 Å². The first kappa shape index (κ1) is 10.6. The topological polar surface area (TPSA) is 9.23 Å². The highest BCUT2D eigenvalue weighted by Gasteiger charge is 2.06. The number of hydrogen-bond acceptors (Lipinski definition) is 1. The quantitative estimate of drug-likeness (QED) is 0.740. The van der Waals surface area contributed by atoms with Crippen LogP contribution in [0.3, 0.4) is 0 Å². The van der Waals surface area contributed by atoms with Crippen molar-refractivity contribution in [2.75, 3.05) is 12.4 Å². The molecule has 0 aromatic heterocycles. The molecule has 1 aromatic rings. The molecule has 0 radical (unpaired) electrons. The van der Waals surface area contributed by atoms with E-state index in [0.29, 0.717) is 0 Å². The van der Waals surface area contributed by atoms with Crippen molar-refractivity contribution in [1.82, 2.24) is 0 Å². The van der Waals surface area contributed by atoms with Crippen LogP contribution in [-0.4, -0.2) is 12.4 Å². The molecule has 0 saturated carbocycles. The van der Waals surface area contributed by atoms with Gasteiger partial charge in [0.25, 0.3) is 0 Å². The Hall–Kier alpha value is -0.500. The number of rotatable bonds is 3. The van der Waals surface area contributed by atoms with E-state index in [1.54, 1.807) is 7.11 Å². The molecule has 0 aliphatic rings. The Bertz CT molecular complexity index is 294. The number of alkyl halides is 1. The van der Waals surface area contributed by atoms with Crippen LogP contribution >= 0.6 is 15.9 Å². The summed E-state index contributed by atoms with van der Waals surface area (Å²) in [6.07, 6.45) is 1.02. The highest BCUT2D eigenvalue weighted by molar-refractivity contribution is 9.09. The van der Waals surface area contributed by atoms with Gasteiger partial charge >= 0.3 is 0 Å². The minimum Gasteiger partial charge on any atom is -0.496 e. The van der Waals surface area contributed by atoms with Gasteiger partial charge < -0.3 is 4.74 Å². The maximum absolute atomic E-state index is 5.34. The number of hydrogen-bond donors (Lipinski definition) is 0. The summed E-state index contributed by atoms with van der Waals surface area (Å²) in [4.78, 5) is 0. The van der Waals surface area contributed by atoms with Gasteiger partial charge in [-0.3, -0.25) is 0 Å².